The Morgan fingerprint density at radius 1 is 0.882 bits per heavy atom. The molecule has 34 heavy (non-hydrogen) atoms. The van der Waals surface area contributed by atoms with E-state index in [4.69, 9.17) is 0 Å². The number of amides is 2. The summed E-state index contributed by atoms with van der Waals surface area (Å²) < 4.78 is 26.8. The molecule has 7 heteroatoms. The maximum atomic E-state index is 13.6. The van der Waals surface area contributed by atoms with Crippen molar-refractivity contribution < 1.29 is 18.4 Å². The van der Waals surface area contributed by atoms with Gasteiger partial charge < -0.3 is 15.5 Å². The van der Waals surface area contributed by atoms with Crippen LogP contribution in [0, 0.1) is 23.5 Å². The van der Waals surface area contributed by atoms with Gasteiger partial charge in [-0.05, 0) is 97.9 Å². The summed E-state index contributed by atoms with van der Waals surface area (Å²) in [4.78, 5) is 27.8. The summed E-state index contributed by atoms with van der Waals surface area (Å²) in [6.07, 6.45) is 5.95. The fourth-order valence-corrected chi connectivity index (χ4v) is 7.44. The third-order valence-corrected chi connectivity index (χ3v) is 8.40. The van der Waals surface area contributed by atoms with Crippen molar-refractivity contribution in [2.24, 2.45) is 11.8 Å². The zero-order valence-electron chi connectivity index (χ0n) is 19.1. The molecule has 2 N–H and O–H groups in total. The first kappa shape index (κ1) is 21.7. The van der Waals surface area contributed by atoms with E-state index in [1.165, 1.54) is 42.8 Å². The number of carbonyl (C=O) groups excluding carboxylic acids is 2. The van der Waals surface area contributed by atoms with E-state index in [-0.39, 0.29) is 41.1 Å². The molecule has 1 aliphatic heterocycles. The van der Waals surface area contributed by atoms with Crippen LogP contribution in [0.3, 0.4) is 0 Å². The van der Waals surface area contributed by atoms with Gasteiger partial charge in [-0.3, -0.25) is 9.59 Å². The van der Waals surface area contributed by atoms with Crippen LogP contribution < -0.4 is 10.6 Å². The van der Waals surface area contributed by atoms with E-state index >= 15 is 0 Å². The van der Waals surface area contributed by atoms with Crippen LogP contribution >= 0.6 is 0 Å². The van der Waals surface area contributed by atoms with Crippen LogP contribution in [0.4, 0.5) is 8.78 Å². The van der Waals surface area contributed by atoms with E-state index in [0.29, 0.717) is 30.5 Å². The fourth-order valence-electron chi connectivity index (χ4n) is 7.44. The lowest BCUT2D eigenvalue weighted by atomic mass is 9.50. The molecule has 0 spiro atoms. The molecule has 4 fully saturated rings. The van der Waals surface area contributed by atoms with Gasteiger partial charge in [0.15, 0.2) is 0 Å². The molecular weight excluding hydrogens is 436 g/mol. The third kappa shape index (κ3) is 3.90. The van der Waals surface area contributed by atoms with Gasteiger partial charge in [0.25, 0.3) is 5.91 Å². The summed E-state index contributed by atoms with van der Waals surface area (Å²) >= 11 is 0. The van der Waals surface area contributed by atoms with E-state index in [0.717, 1.165) is 43.2 Å². The quantitative estimate of drug-likeness (QED) is 0.704. The lowest BCUT2D eigenvalue weighted by molar-refractivity contribution is -0.132. The van der Waals surface area contributed by atoms with E-state index in [2.05, 4.69) is 10.6 Å². The predicted octanol–water partition coefficient (Wildman–Crippen LogP) is 3.92. The van der Waals surface area contributed by atoms with Crippen LogP contribution in [0.2, 0.25) is 0 Å². The maximum Gasteiger partial charge on any atom is 0.251 e. The minimum atomic E-state index is -0.356. The number of nitrogens with zero attached hydrogens (tertiary/aromatic N) is 1. The Morgan fingerprint density at radius 2 is 1.53 bits per heavy atom. The molecule has 1 heterocycles. The van der Waals surface area contributed by atoms with Crippen molar-refractivity contribution in [2.45, 2.75) is 62.7 Å². The first-order valence-electron chi connectivity index (χ1n) is 12.2. The van der Waals surface area contributed by atoms with Crippen LogP contribution in [-0.2, 0) is 17.9 Å². The van der Waals surface area contributed by atoms with Gasteiger partial charge in [-0.15, -0.1) is 0 Å². The molecular formula is C27H29F2N3O2. The Bertz CT molecular complexity index is 1140. The standard InChI is InChI=1S/C27H29F2N3O2/c28-22-4-1-19(2-5-22)25(34)31-27-11-17-7-18(12-27)10-26(9-17,16-27)30-13-24(33)32-14-20-3-6-23(29)8-21(20)15-32/h1-6,8,17-18,30H,7,9-16H2,(H,31,34)/t17-,18+,26?,27?. The van der Waals surface area contributed by atoms with Crippen molar-refractivity contribution in [3.63, 3.8) is 0 Å². The molecule has 0 saturated heterocycles. The van der Waals surface area contributed by atoms with Crippen molar-refractivity contribution in [2.75, 3.05) is 6.54 Å². The van der Waals surface area contributed by atoms with Gasteiger partial charge in [0.05, 0.1) is 6.54 Å². The highest BCUT2D eigenvalue weighted by Crippen LogP contribution is 2.57. The van der Waals surface area contributed by atoms with Gasteiger partial charge >= 0.3 is 0 Å². The minimum absolute atomic E-state index is 0.0248. The molecule has 4 aliphatic carbocycles. The third-order valence-electron chi connectivity index (χ3n) is 8.40. The summed E-state index contributed by atoms with van der Waals surface area (Å²) in [7, 11) is 0. The fraction of sp³-hybridized carbons (Fsp3) is 0.481. The minimum Gasteiger partial charge on any atom is -0.347 e. The van der Waals surface area contributed by atoms with Gasteiger partial charge in [0.1, 0.15) is 11.6 Å². The number of hydrogen-bond donors (Lipinski definition) is 2. The molecule has 7 rings (SSSR count). The molecule has 4 atom stereocenters. The number of carbonyl (C=O) groups is 2. The molecule has 2 unspecified atom stereocenters. The van der Waals surface area contributed by atoms with E-state index in [9.17, 15) is 18.4 Å². The van der Waals surface area contributed by atoms with E-state index in [1.54, 1.807) is 11.0 Å². The molecule has 178 valence electrons. The van der Waals surface area contributed by atoms with Gasteiger partial charge in [-0.1, -0.05) is 6.07 Å². The Morgan fingerprint density at radius 3 is 2.26 bits per heavy atom. The van der Waals surface area contributed by atoms with Crippen molar-refractivity contribution in [1.29, 1.82) is 0 Å². The highest BCUT2D eigenvalue weighted by molar-refractivity contribution is 5.94. The average molecular weight is 466 g/mol. The van der Waals surface area contributed by atoms with Crippen LogP contribution in [0.5, 0.6) is 0 Å². The maximum absolute atomic E-state index is 13.6. The summed E-state index contributed by atoms with van der Waals surface area (Å²) in [6, 6.07) is 10.4. The highest BCUT2D eigenvalue weighted by atomic mass is 19.1. The second-order valence-electron chi connectivity index (χ2n) is 11.0. The normalized spacial score (nSPS) is 30.9. The average Bonchev–Trinajstić information content (AvgIpc) is 3.20. The zero-order chi connectivity index (χ0) is 23.5. The van der Waals surface area contributed by atoms with Crippen LogP contribution in [0.15, 0.2) is 42.5 Å². The SMILES string of the molecule is O=C(NC12C[C@@H]3C[C@@H](CC(NCC(=O)N4Cc5ccc(F)cc5C4)(C3)C1)C2)c1ccc(F)cc1. The van der Waals surface area contributed by atoms with Gasteiger partial charge in [-0.2, -0.15) is 0 Å². The van der Waals surface area contributed by atoms with Gasteiger partial charge in [0, 0.05) is 29.7 Å². The number of fused-ring (bicyclic) bond motifs is 1. The number of halogens is 2. The number of benzene rings is 2. The molecule has 2 aromatic rings. The summed E-state index contributed by atoms with van der Waals surface area (Å²) in [6.45, 7) is 1.22. The Balaban J connectivity index is 1.13. The summed E-state index contributed by atoms with van der Waals surface area (Å²) in [5.74, 6) is 0.290. The molecule has 5 nitrogen and oxygen atoms in total. The molecule has 5 aliphatic rings. The monoisotopic (exact) mass is 465 g/mol. The Labute approximate surface area is 197 Å². The zero-order valence-corrected chi connectivity index (χ0v) is 19.1. The Kier molecular flexibility index (Phi) is 5.03. The van der Waals surface area contributed by atoms with Crippen molar-refractivity contribution in [1.82, 2.24) is 15.5 Å². The smallest absolute Gasteiger partial charge is 0.251 e. The van der Waals surface area contributed by atoms with E-state index in [1.807, 2.05) is 0 Å². The molecule has 0 aromatic heterocycles. The van der Waals surface area contributed by atoms with Crippen molar-refractivity contribution in [3.8, 4) is 0 Å². The first-order chi connectivity index (χ1) is 16.3. The molecule has 2 amide bonds. The molecule has 4 saturated carbocycles. The van der Waals surface area contributed by atoms with Crippen LogP contribution in [-0.4, -0.2) is 34.3 Å². The van der Waals surface area contributed by atoms with Gasteiger partial charge in [-0.25, -0.2) is 8.78 Å². The lowest BCUT2D eigenvalue weighted by Crippen LogP contribution is -2.69. The summed E-state index contributed by atoms with van der Waals surface area (Å²) in [5, 5.41) is 6.93. The van der Waals surface area contributed by atoms with Crippen molar-refractivity contribution >= 4 is 11.8 Å². The number of nitrogens with one attached hydrogen (secondary N) is 2. The van der Waals surface area contributed by atoms with Gasteiger partial charge in [0.2, 0.25) is 5.91 Å². The van der Waals surface area contributed by atoms with Crippen molar-refractivity contribution in [3.05, 3.63) is 70.8 Å². The molecule has 4 bridgehead atoms. The van der Waals surface area contributed by atoms with Crippen LogP contribution in [0.1, 0.15) is 60.0 Å². The number of hydrogen-bond acceptors (Lipinski definition) is 3. The largest absolute Gasteiger partial charge is 0.347 e. The highest BCUT2D eigenvalue weighted by Gasteiger charge is 2.58. The Hall–Kier alpha value is -2.80. The predicted molar refractivity (Wildman–Crippen MR) is 123 cm³/mol. The molecule has 2 aromatic carbocycles. The number of rotatable bonds is 5. The second kappa shape index (κ2) is 7.87. The lowest BCUT2D eigenvalue weighted by Gasteiger charge is -2.62. The van der Waals surface area contributed by atoms with Crippen LogP contribution in [0.25, 0.3) is 0 Å². The van der Waals surface area contributed by atoms with E-state index < -0.39 is 0 Å². The first-order valence-corrected chi connectivity index (χ1v) is 12.2. The summed E-state index contributed by atoms with van der Waals surface area (Å²) in [5.41, 5.74) is 1.92. The topological polar surface area (TPSA) is 61.4 Å². The second-order valence-corrected chi connectivity index (χ2v) is 11.0. The molecule has 0 radical (unpaired) electrons.